The number of nitrogens with two attached hydrogens (primary N) is 1. The van der Waals surface area contributed by atoms with Crippen LogP contribution in [-0.2, 0) is 9.47 Å². The van der Waals surface area contributed by atoms with Gasteiger partial charge in [-0.2, -0.15) is 0 Å². The highest BCUT2D eigenvalue weighted by Crippen LogP contribution is 2.34. The third-order valence-electron chi connectivity index (χ3n) is 7.10. The fraction of sp³-hybridized carbons (Fsp3) is 0.885. The van der Waals surface area contributed by atoms with Crippen LogP contribution in [0, 0.1) is 16.7 Å². The minimum atomic E-state index is -0.822. The first-order valence-electron chi connectivity index (χ1n) is 13.3. The molecular weight excluding hydrogens is 448 g/mol. The average molecular weight is 501 g/mol. The van der Waals surface area contributed by atoms with Crippen molar-refractivity contribution in [3.8, 4) is 0 Å². The summed E-state index contributed by atoms with van der Waals surface area (Å²) in [7, 11) is 0. The first kappa shape index (κ1) is 32.8. The van der Waals surface area contributed by atoms with Crippen LogP contribution in [0.3, 0.4) is 0 Å². The maximum absolute atomic E-state index is 11.9. The highest BCUT2D eigenvalue weighted by atomic mass is 16.7. The largest absolute Gasteiger partial charge is 0.508 e. The molecule has 35 heavy (non-hydrogen) atoms. The maximum atomic E-state index is 11.9. The van der Waals surface area contributed by atoms with E-state index in [2.05, 4.69) is 52.3 Å². The van der Waals surface area contributed by atoms with Crippen LogP contribution in [0.15, 0.2) is 0 Å². The third kappa shape index (κ3) is 17.8. The molecule has 5 N–H and O–H groups in total. The minimum Gasteiger partial charge on any atom is -0.434 e. The SMILES string of the molecule is CCC(C)(CCCNC(=O)NNC(N)=O)CCCOC(=O)OCCCC(C)(CC)CCCC(C)C. The normalized spacial score (nSPS) is 14.5. The molecule has 0 aliphatic heterocycles. The third-order valence-corrected chi connectivity index (χ3v) is 7.10. The molecule has 206 valence electrons. The van der Waals surface area contributed by atoms with E-state index in [0.717, 1.165) is 57.3 Å². The van der Waals surface area contributed by atoms with Gasteiger partial charge in [-0.3, -0.25) is 0 Å². The van der Waals surface area contributed by atoms with Crippen molar-refractivity contribution >= 4 is 18.2 Å². The minimum absolute atomic E-state index is 0.0943. The number of hydrazine groups is 1. The lowest BCUT2D eigenvalue weighted by molar-refractivity contribution is 0.0474. The lowest BCUT2D eigenvalue weighted by atomic mass is 9.78. The highest BCUT2D eigenvalue weighted by molar-refractivity contribution is 5.78. The fourth-order valence-corrected chi connectivity index (χ4v) is 4.12. The summed E-state index contributed by atoms with van der Waals surface area (Å²) in [5.74, 6) is 0.744. The van der Waals surface area contributed by atoms with E-state index >= 15 is 0 Å². The molecule has 0 bridgehead atoms. The van der Waals surface area contributed by atoms with E-state index in [-0.39, 0.29) is 5.41 Å². The zero-order valence-corrected chi connectivity index (χ0v) is 23.1. The molecule has 4 amide bonds. The van der Waals surface area contributed by atoms with E-state index in [1.165, 1.54) is 19.3 Å². The molecule has 0 saturated carbocycles. The molecule has 2 unspecified atom stereocenters. The van der Waals surface area contributed by atoms with E-state index in [1.54, 1.807) is 0 Å². The molecule has 0 aliphatic rings. The number of primary amides is 1. The number of ether oxygens (including phenoxy) is 2. The quantitative estimate of drug-likeness (QED) is 0.104. The first-order valence-corrected chi connectivity index (χ1v) is 13.3. The van der Waals surface area contributed by atoms with Gasteiger partial charge in [0.25, 0.3) is 0 Å². The van der Waals surface area contributed by atoms with Crippen molar-refractivity contribution < 1.29 is 23.9 Å². The summed E-state index contributed by atoms with van der Waals surface area (Å²) >= 11 is 0. The van der Waals surface area contributed by atoms with E-state index < -0.39 is 18.2 Å². The Kier molecular flexibility index (Phi) is 17.0. The Labute approximate surface area is 213 Å². The predicted octanol–water partition coefficient (Wildman–Crippen LogP) is 6.02. The van der Waals surface area contributed by atoms with Gasteiger partial charge >= 0.3 is 18.2 Å². The van der Waals surface area contributed by atoms with Crippen molar-refractivity contribution in [1.82, 2.24) is 16.2 Å². The second-order valence-corrected chi connectivity index (χ2v) is 10.7. The van der Waals surface area contributed by atoms with Crippen LogP contribution in [-0.4, -0.2) is 38.0 Å². The molecule has 0 rings (SSSR count). The van der Waals surface area contributed by atoms with Crippen LogP contribution in [0.4, 0.5) is 14.4 Å². The van der Waals surface area contributed by atoms with Crippen LogP contribution in [0.5, 0.6) is 0 Å². The van der Waals surface area contributed by atoms with Gasteiger partial charge in [0.1, 0.15) is 0 Å². The standard InChI is InChI=1S/C26H52N4O5/c1-7-25(5,14-9-13-21(3)4)16-11-19-34-24(33)35-20-12-17-26(6,8-2)15-10-18-28-23(32)30-29-22(27)31/h21H,7-20H2,1-6H3,(H3,27,29,31)(H2,28,30,32). The Hall–Kier alpha value is -2.19. The summed E-state index contributed by atoms with van der Waals surface area (Å²) in [4.78, 5) is 34.0. The Morgan fingerprint density at radius 1 is 0.800 bits per heavy atom. The summed E-state index contributed by atoms with van der Waals surface area (Å²) in [6.07, 6.45) is 10.6. The lowest BCUT2D eigenvalue weighted by Crippen LogP contribution is -2.49. The maximum Gasteiger partial charge on any atom is 0.508 e. The van der Waals surface area contributed by atoms with Crippen LogP contribution < -0.4 is 21.9 Å². The van der Waals surface area contributed by atoms with Gasteiger partial charge in [0.2, 0.25) is 0 Å². The number of amides is 4. The van der Waals surface area contributed by atoms with Crippen molar-refractivity contribution in [3.05, 3.63) is 0 Å². The lowest BCUT2D eigenvalue weighted by Gasteiger charge is -2.28. The van der Waals surface area contributed by atoms with Gasteiger partial charge in [-0.25, -0.2) is 25.2 Å². The monoisotopic (exact) mass is 500 g/mol. The van der Waals surface area contributed by atoms with Crippen LogP contribution in [0.2, 0.25) is 0 Å². The van der Waals surface area contributed by atoms with Gasteiger partial charge < -0.3 is 20.5 Å². The number of urea groups is 2. The Morgan fingerprint density at radius 3 is 1.74 bits per heavy atom. The van der Waals surface area contributed by atoms with Gasteiger partial charge in [-0.05, 0) is 61.7 Å². The molecule has 0 aliphatic carbocycles. The predicted molar refractivity (Wildman–Crippen MR) is 140 cm³/mol. The Balaban J connectivity index is 4.00. The molecule has 9 nitrogen and oxygen atoms in total. The van der Waals surface area contributed by atoms with E-state index in [9.17, 15) is 14.4 Å². The van der Waals surface area contributed by atoms with Crippen LogP contribution in [0.1, 0.15) is 112 Å². The number of hydrogen-bond donors (Lipinski definition) is 4. The number of rotatable bonds is 18. The molecule has 0 radical (unpaired) electrons. The molecular formula is C26H52N4O5. The summed E-state index contributed by atoms with van der Waals surface area (Å²) in [6.45, 7) is 14.7. The van der Waals surface area contributed by atoms with Gasteiger partial charge in [0, 0.05) is 6.54 Å². The average Bonchev–Trinajstić information content (AvgIpc) is 2.81. The summed E-state index contributed by atoms with van der Waals surface area (Å²) in [5, 5.41) is 2.66. The number of carbonyl (C=O) groups is 3. The van der Waals surface area contributed by atoms with Crippen molar-refractivity contribution in [2.75, 3.05) is 19.8 Å². The molecule has 0 aromatic heterocycles. The van der Waals surface area contributed by atoms with Gasteiger partial charge in [-0.1, -0.05) is 67.2 Å². The molecule has 2 atom stereocenters. The first-order chi connectivity index (χ1) is 16.4. The van der Waals surface area contributed by atoms with E-state index in [0.29, 0.717) is 25.2 Å². The Morgan fingerprint density at radius 2 is 1.29 bits per heavy atom. The number of nitrogens with one attached hydrogen (secondary N) is 3. The molecule has 0 saturated heterocycles. The molecule has 0 spiro atoms. The zero-order valence-electron chi connectivity index (χ0n) is 23.1. The van der Waals surface area contributed by atoms with E-state index in [4.69, 9.17) is 15.2 Å². The molecule has 9 heteroatoms. The van der Waals surface area contributed by atoms with Crippen molar-refractivity contribution in [2.24, 2.45) is 22.5 Å². The van der Waals surface area contributed by atoms with E-state index in [1.807, 2.05) is 5.43 Å². The zero-order chi connectivity index (χ0) is 26.7. The van der Waals surface area contributed by atoms with Crippen LogP contribution in [0.25, 0.3) is 0 Å². The molecule has 0 heterocycles. The van der Waals surface area contributed by atoms with Crippen molar-refractivity contribution in [3.63, 3.8) is 0 Å². The number of carbonyl (C=O) groups excluding carboxylic acids is 3. The summed E-state index contributed by atoms with van der Waals surface area (Å²) in [5.41, 5.74) is 9.46. The van der Waals surface area contributed by atoms with Crippen molar-refractivity contribution in [2.45, 2.75) is 112 Å². The number of hydrogen-bond acceptors (Lipinski definition) is 5. The molecule has 0 aromatic carbocycles. The summed E-state index contributed by atoms with van der Waals surface area (Å²) in [6, 6.07) is -1.32. The molecule has 0 aromatic rings. The Bertz CT molecular complexity index is 617. The van der Waals surface area contributed by atoms with Crippen LogP contribution >= 0.6 is 0 Å². The van der Waals surface area contributed by atoms with Gasteiger partial charge in [0.15, 0.2) is 0 Å². The van der Waals surface area contributed by atoms with Gasteiger partial charge in [0.05, 0.1) is 13.2 Å². The second-order valence-electron chi connectivity index (χ2n) is 10.7. The summed E-state index contributed by atoms with van der Waals surface area (Å²) < 4.78 is 10.5. The van der Waals surface area contributed by atoms with Gasteiger partial charge in [-0.15, -0.1) is 0 Å². The topological polar surface area (TPSA) is 132 Å². The van der Waals surface area contributed by atoms with Crippen molar-refractivity contribution in [1.29, 1.82) is 0 Å². The fourth-order valence-electron chi connectivity index (χ4n) is 4.12. The second kappa shape index (κ2) is 18.1. The smallest absolute Gasteiger partial charge is 0.434 e. The highest BCUT2D eigenvalue weighted by Gasteiger charge is 2.23. The molecule has 0 fully saturated rings.